The van der Waals surface area contributed by atoms with Gasteiger partial charge in [0.05, 0.1) is 12.5 Å². The molecule has 9 heteroatoms. The highest BCUT2D eigenvalue weighted by atomic mass is 32.1. The third-order valence-corrected chi connectivity index (χ3v) is 7.61. The molecule has 1 aromatic heterocycles. The molecule has 5 rings (SSSR count). The molecule has 0 aliphatic carbocycles. The Balaban J connectivity index is 1.44. The van der Waals surface area contributed by atoms with Gasteiger partial charge in [-0.15, -0.1) is 11.3 Å². The first-order chi connectivity index (χ1) is 20.0. The molecular weight excluding hydrogens is 541 g/mol. The third kappa shape index (κ3) is 7.70. The Kier molecular flexibility index (Phi) is 9.61. The van der Waals surface area contributed by atoms with Crippen LogP contribution in [0.3, 0.4) is 0 Å². The lowest BCUT2D eigenvalue weighted by Gasteiger charge is -2.19. The number of carbonyl (C=O) groups excluding carboxylic acids is 1. The van der Waals surface area contributed by atoms with E-state index in [0.717, 1.165) is 48.2 Å². The number of anilines is 1. The zero-order chi connectivity index (χ0) is 28.6. The molecule has 1 aliphatic heterocycles. The number of aromatic nitrogens is 1. The van der Waals surface area contributed by atoms with E-state index in [-0.39, 0.29) is 24.2 Å². The first kappa shape index (κ1) is 28.7. The van der Waals surface area contributed by atoms with Crippen molar-refractivity contribution in [2.45, 2.75) is 38.7 Å². The number of carbonyl (C=O) groups is 1. The highest BCUT2D eigenvalue weighted by Gasteiger charge is 2.20. The fourth-order valence-electron chi connectivity index (χ4n) is 4.73. The number of halogens is 1. The van der Waals surface area contributed by atoms with Gasteiger partial charge in [0.25, 0.3) is 0 Å². The van der Waals surface area contributed by atoms with E-state index in [2.05, 4.69) is 15.6 Å². The van der Waals surface area contributed by atoms with Crippen LogP contribution in [0.25, 0.3) is 11.1 Å². The molecule has 7 nitrogen and oxygen atoms in total. The van der Waals surface area contributed by atoms with Crippen LogP contribution in [0.5, 0.6) is 17.2 Å². The molecule has 2 heterocycles. The fraction of sp³-hybridized carbons (Fsp3) is 0.312. The lowest BCUT2D eigenvalue weighted by molar-refractivity contribution is -0.115. The zero-order valence-electron chi connectivity index (χ0n) is 23.2. The molecule has 2 N–H and O–H groups in total. The Labute approximate surface area is 243 Å². The van der Waals surface area contributed by atoms with Crippen LogP contribution in [-0.4, -0.2) is 43.8 Å². The number of ether oxygens (including phenoxy) is 3. The summed E-state index contributed by atoms with van der Waals surface area (Å²) < 4.78 is 33.4. The number of benzene rings is 3. The average Bonchev–Trinajstić information content (AvgIpc) is 3.67. The normalized spacial score (nSPS) is 14.7. The van der Waals surface area contributed by atoms with Crippen LogP contribution in [0.4, 0.5) is 9.52 Å². The molecule has 1 amide bonds. The van der Waals surface area contributed by atoms with Crippen LogP contribution in [0.15, 0.2) is 66.2 Å². The summed E-state index contributed by atoms with van der Waals surface area (Å²) in [6.07, 6.45) is 4.41. The van der Waals surface area contributed by atoms with Gasteiger partial charge in [-0.05, 0) is 80.7 Å². The van der Waals surface area contributed by atoms with Crippen molar-refractivity contribution in [1.82, 2.24) is 10.3 Å². The first-order valence-corrected chi connectivity index (χ1v) is 14.6. The van der Waals surface area contributed by atoms with Crippen molar-refractivity contribution < 1.29 is 23.4 Å². The summed E-state index contributed by atoms with van der Waals surface area (Å²) in [6, 6.07) is 16.3. The number of amides is 1. The van der Waals surface area contributed by atoms with E-state index < -0.39 is 0 Å². The van der Waals surface area contributed by atoms with Crippen molar-refractivity contribution in [2.24, 2.45) is 0 Å². The van der Waals surface area contributed by atoms with Crippen LogP contribution in [0.2, 0.25) is 0 Å². The highest BCUT2D eigenvalue weighted by Crippen LogP contribution is 2.37. The molecule has 41 heavy (non-hydrogen) atoms. The van der Waals surface area contributed by atoms with Crippen LogP contribution in [-0.2, 0) is 22.4 Å². The van der Waals surface area contributed by atoms with Crippen LogP contribution < -0.4 is 20.1 Å². The molecule has 0 radical (unpaired) electrons. The lowest BCUT2D eigenvalue weighted by Crippen LogP contribution is -2.19. The van der Waals surface area contributed by atoms with Gasteiger partial charge in [0.15, 0.2) is 16.6 Å². The van der Waals surface area contributed by atoms with E-state index in [0.29, 0.717) is 41.0 Å². The van der Waals surface area contributed by atoms with Gasteiger partial charge < -0.3 is 24.8 Å². The van der Waals surface area contributed by atoms with E-state index in [1.165, 1.54) is 17.4 Å². The van der Waals surface area contributed by atoms with E-state index in [9.17, 15) is 4.79 Å². The summed E-state index contributed by atoms with van der Waals surface area (Å²) in [6.45, 7) is 3.83. The van der Waals surface area contributed by atoms with Crippen LogP contribution in [0, 0.1) is 12.7 Å². The number of hydrogen-bond donors (Lipinski definition) is 2. The second-order valence-corrected chi connectivity index (χ2v) is 10.9. The van der Waals surface area contributed by atoms with Crippen molar-refractivity contribution in [3.63, 3.8) is 0 Å². The molecule has 1 fully saturated rings. The Morgan fingerprint density at radius 3 is 2.66 bits per heavy atom. The maximum atomic E-state index is 15.2. The molecule has 4 aromatic rings. The zero-order valence-corrected chi connectivity index (χ0v) is 24.1. The largest absolute Gasteiger partial charge is 0.487 e. The molecule has 0 spiro atoms. The molecule has 3 aromatic carbocycles. The van der Waals surface area contributed by atoms with Gasteiger partial charge in [-0.1, -0.05) is 29.8 Å². The summed E-state index contributed by atoms with van der Waals surface area (Å²) in [5, 5.41) is 8.37. The predicted molar refractivity (Wildman–Crippen MR) is 160 cm³/mol. The molecule has 1 aliphatic rings. The number of thiazole rings is 1. The first-order valence-electron chi connectivity index (χ1n) is 13.8. The van der Waals surface area contributed by atoms with Crippen LogP contribution >= 0.6 is 11.3 Å². The fourth-order valence-corrected chi connectivity index (χ4v) is 5.27. The van der Waals surface area contributed by atoms with E-state index in [4.69, 9.17) is 14.2 Å². The maximum absolute atomic E-state index is 15.2. The third-order valence-electron chi connectivity index (χ3n) is 6.92. The number of hydrogen-bond acceptors (Lipinski definition) is 7. The number of nitrogens with zero attached hydrogens (tertiary/aromatic N) is 1. The molecule has 0 bridgehead atoms. The van der Waals surface area contributed by atoms with Gasteiger partial charge in [0, 0.05) is 29.8 Å². The predicted octanol–water partition coefficient (Wildman–Crippen LogP) is 6.55. The Bertz CT molecular complexity index is 1450. The number of nitrogens with one attached hydrogen (secondary N) is 2. The number of rotatable bonds is 12. The molecular formula is C32H34FN3O4S. The van der Waals surface area contributed by atoms with Gasteiger partial charge in [0.2, 0.25) is 5.91 Å². The minimum absolute atomic E-state index is 0.0126. The number of aryl methyl sites for hydroxylation is 1. The van der Waals surface area contributed by atoms with Crippen molar-refractivity contribution in [3.05, 3.63) is 88.7 Å². The summed E-state index contributed by atoms with van der Waals surface area (Å²) in [5.41, 5.74) is 4.16. The highest BCUT2D eigenvalue weighted by molar-refractivity contribution is 7.13. The van der Waals surface area contributed by atoms with Crippen molar-refractivity contribution in [3.8, 4) is 28.4 Å². The molecule has 214 valence electrons. The van der Waals surface area contributed by atoms with E-state index in [1.54, 1.807) is 18.3 Å². The SMILES string of the molecule is CNCCc1cc(OCC2CCCO2)c(Oc2ccc(-c3ccc(C)cc3)c(F)c2)cc1CC(=O)Nc1nccs1. The average molecular weight is 576 g/mol. The molecule has 1 saturated heterocycles. The minimum atomic E-state index is -0.387. The Morgan fingerprint density at radius 1 is 1.12 bits per heavy atom. The summed E-state index contributed by atoms with van der Waals surface area (Å²) >= 11 is 1.36. The van der Waals surface area contributed by atoms with Gasteiger partial charge >= 0.3 is 0 Å². The van der Waals surface area contributed by atoms with Crippen LogP contribution in [0.1, 0.15) is 29.5 Å². The van der Waals surface area contributed by atoms with E-state index in [1.807, 2.05) is 55.7 Å². The van der Waals surface area contributed by atoms with Crippen molar-refractivity contribution in [2.75, 3.05) is 32.1 Å². The smallest absolute Gasteiger partial charge is 0.230 e. The standard InChI is InChI=1S/C32H34FN3O4S/c1-21-5-7-22(8-6-21)27-10-9-25(19-28(27)33)40-30-17-24(18-31(37)36-32-35-13-15-41-32)23(11-12-34-2)16-29(30)39-20-26-4-3-14-38-26/h5-10,13,15-17,19,26,34H,3-4,11-12,14,18,20H2,1-2H3,(H,35,36,37). The van der Waals surface area contributed by atoms with Gasteiger partial charge in [-0.3, -0.25) is 4.79 Å². The summed E-state index contributed by atoms with van der Waals surface area (Å²) in [7, 11) is 1.88. The second kappa shape index (κ2) is 13.7. The van der Waals surface area contributed by atoms with E-state index >= 15 is 4.39 Å². The number of likely N-dealkylation sites (N-methyl/N-ethyl adjacent to an activating group) is 1. The lowest BCUT2D eigenvalue weighted by atomic mass is 10.00. The van der Waals surface area contributed by atoms with Gasteiger partial charge in [-0.25, -0.2) is 9.37 Å². The second-order valence-electron chi connectivity index (χ2n) is 10.0. The van der Waals surface area contributed by atoms with Crippen molar-refractivity contribution >= 4 is 22.4 Å². The quantitative estimate of drug-likeness (QED) is 0.199. The molecule has 0 saturated carbocycles. The summed E-state index contributed by atoms with van der Waals surface area (Å²) in [5.74, 6) is 0.705. The maximum Gasteiger partial charge on any atom is 0.230 e. The van der Waals surface area contributed by atoms with Crippen molar-refractivity contribution in [1.29, 1.82) is 0 Å². The van der Waals surface area contributed by atoms with Gasteiger partial charge in [-0.2, -0.15) is 0 Å². The summed E-state index contributed by atoms with van der Waals surface area (Å²) in [4.78, 5) is 17.0. The minimum Gasteiger partial charge on any atom is -0.487 e. The topological polar surface area (TPSA) is 81.7 Å². The molecule has 1 unspecified atom stereocenters. The Morgan fingerprint density at radius 2 is 1.95 bits per heavy atom. The van der Waals surface area contributed by atoms with Gasteiger partial charge in [0.1, 0.15) is 18.2 Å². The Hall–Kier alpha value is -3.79. The molecule has 1 atom stereocenters. The monoisotopic (exact) mass is 575 g/mol.